The van der Waals surface area contributed by atoms with Gasteiger partial charge in [-0.1, -0.05) is 6.58 Å². The molecule has 0 fully saturated rings. The molecule has 0 aromatic rings. The number of hydrogen-bond acceptors (Lipinski definition) is 3. The van der Waals surface area contributed by atoms with Gasteiger partial charge in [0.15, 0.2) is 6.29 Å². The van der Waals surface area contributed by atoms with Crippen LogP contribution in [0, 0.1) is 0 Å². The van der Waals surface area contributed by atoms with Gasteiger partial charge in [-0.05, 0) is 20.8 Å². The fourth-order valence-electron chi connectivity index (χ4n) is 0.762. The molecule has 0 rings (SSSR count). The van der Waals surface area contributed by atoms with E-state index in [0.717, 1.165) is 0 Å². The molecule has 0 aliphatic heterocycles. The zero-order chi connectivity index (χ0) is 9.56. The molecule has 3 heteroatoms. The molecule has 0 saturated carbocycles. The lowest BCUT2D eigenvalue weighted by molar-refractivity contribution is -0.118. The quantitative estimate of drug-likeness (QED) is 0.487. The largest absolute Gasteiger partial charge is 0.389 e. The van der Waals surface area contributed by atoms with Gasteiger partial charge in [-0.25, -0.2) is 0 Å². The second-order valence-corrected chi connectivity index (χ2v) is 2.49. The molecule has 0 spiro atoms. The van der Waals surface area contributed by atoms with Gasteiger partial charge in [0.1, 0.15) is 0 Å². The summed E-state index contributed by atoms with van der Waals surface area (Å²) in [5, 5.41) is 9.19. The Hall–Kier alpha value is -0.380. The van der Waals surface area contributed by atoms with Crippen LogP contribution in [0.25, 0.3) is 0 Å². The van der Waals surface area contributed by atoms with Crippen LogP contribution >= 0.6 is 0 Å². The van der Waals surface area contributed by atoms with E-state index >= 15 is 0 Å². The fraction of sp³-hybridized carbons (Fsp3) is 0.778. The fourth-order valence-corrected chi connectivity index (χ4v) is 0.762. The first-order valence-electron chi connectivity index (χ1n) is 4.23. The Labute approximate surface area is 74.0 Å². The lowest BCUT2D eigenvalue weighted by Gasteiger charge is -2.20. The van der Waals surface area contributed by atoms with Crippen LogP contribution in [-0.4, -0.2) is 30.7 Å². The van der Waals surface area contributed by atoms with Gasteiger partial charge in [0.25, 0.3) is 0 Å². The Bertz CT molecular complexity index is 126. The van der Waals surface area contributed by atoms with E-state index < -0.39 is 12.4 Å². The van der Waals surface area contributed by atoms with Crippen molar-refractivity contribution in [1.82, 2.24) is 0 Å². The summed E-state index contributed by atoms with van der Waals surface area (Å²) in [6.07, 6.45) is -1.06. The van der Waals surface area contributed by atoms with Crippen LogP contribution < -0.4 is 0 Å². The van der Waals surface area contributed by atoms with Gasteiger partial charge in [-0.2, -0.15) is 0 Å². The smallest absolute Gasteiger partial charge is 0.181 e. The first-order valence-corrected chi connectivity index (χ1v) is 4.23. The number of rotatable bonds is 6. The third-order valence-electron chi connectivity index (χ3n) is 1.48. The van der Waals surface area contributed by atoms with Crippen LogP contribution in [-0.2, 0) is 9.47 Å². The molecule has 1 N–H and O–H groups in total. The molecule has 12 heavy (non-hydrogen) atoms. The highest BCUT2D eigenvalue weighted by Gasteiger charge is 2.15. The lowest BCUT2D eigenvalue weighted by atomic mass is 10.2. The van der Waals surface area contributed by atoms with Crippen molar-refractivity contribution in [2.24, 2.45) is 0 Å². The summed E-state index contributed by atoms with van der Waals surface area (Å²) in [4.78, 5) is 0. The summed E-state index contributed by atoms with van der Waals surface area (Å²) in [7, 11) is 0. The molecule has 0 amide bonds. The second kappa shape index (κ2) is 6.17. The molecule has 0 aromatic carbocycles. The van der Waals surface area contributed by atoms with Crippen LogP contribution in [0.2, 0.25) is 0 Å². The summed E-state index contributed by atoms with van der Waals surface area (Å²) in [6, 6.07) is 0. The number of ether oxygens (including phenoxy) is 2. The molecule has 0 heterocycles. The van der Waals surface area contributed by atoms with Gasteiger partial charge in [-0.3, -0.25) is 0 Å². The molecule has 72 valence electrons. The predicted octanol–water partition coefficient (Wildman–Crippen LogP) is 1.32. The van der Waals surface area contributed by atoms with Gasteiger partial charge in [0, 0.05) is 18.8 Å². The van der Waals surface area contributed by atoms with Crippen molar-refractivity contribution in [1.29, 1.82) is 0 Å². The highest BCUT2D eigenvalue weighted by molar-refractivity contribution is 5.03. The normalized spacial score (nSPS) is 13.4. The topological polar surface area (TPSA) is 38.7 Å². The minimum absolute atomic E-state index is 0.472. The van der Waals surface area contributed by atoms with E-state index in [0.29, 0.717) is 18.8 Å². The molecular weight excluding hydrogens is 156 g/mol. The van der Waals surface area contributed by atoms with Crippen molar-refractivity contribution < 1.29 is 14.6 Å². The van der Waals surface area contributed by atoms with Crippen molar-refractivity contribution in [2.45, 2.75) is 33.2 Å². The van der Waals surface area contributed by atoms with Crippen LogP contribution in [0.4, 0.5) is 0 Å². The minimum Gasteiger partial charge on any atom is -0.389 e. The zero-order valence-electron chi connectivity index (χ0n) is 8.04. The average molecular weight is 174 g/mol. The summed E-state index contributed by atoms with van der Waals surface area (Å²) in [6.45, 7) is 10.2. The summed E-state index contributed by atoms with van der Waals surface area (Å²) < 4.78 is 10.4. The SMILES string of the molecule is C=C(C(C)O)C(OCC)OCC. The second-order valence-electron chi connectivity index (χ2n) is 2.49. The van der Waals surface area contributed by atoms with Gasteiger partial charge in [0.05, 0.1) is 6.10 Å². The van der Waals surface area contributed by atoms with E-state index in [9.17, 15) is 5.11 Å². The van der Waals surface area contributed by atoms with Crippen LogP contribution in [0.1, 0.15) is 20.8 Å². The van der Waals surface area contributed by atoms with Gasteiger partial charge >= 0.3 is 0 Å². The Kier molecular flexibility index (Phi) is 5.98. The molecule has 0 aliphatic rings. The molecule has 0 aromatic heterocycles. The Morgan fingerprint density at radius 1 is 1.33 bits per heavy atom. The summed E-state index contributed by atoms with van der Waals surface area (Å²) >= 11 is 0. The summed E-state index contributed by atoms with van der Waals surface area (Å²) in [5.41, 5.74) is 0.568. The van der Waals surface area contributed by atoms with E-state index in [4.69, 9.17) is 9.47 Å². The van der Waals surface area contributed by atoms with Crippen molar-refractivity contribution in [3.63, 3.8) is 0 Å². The van der Waals surface area contributed by atoms with E-state index in [2.05, 4.69) is 6.58 Å². The third-order valence-corrected chi connectivity index (χ3v) is 1.48. The average Bonchev–Trinajstić information content (AvgIpc) is 2.03. The van der Waals surface area contributed by atoms with Crippen molar-refractivity contribution in [3.8, 4) is 0 Å². The number of hydrogen-bond donors (Lipinski definition) is 1. The minimum atomic E-state index is -0.590. The first-order chi connectivity index (χ1) is 5.63. The van der Waals surface area contributed by atoms with E-state index in [1.54, 1.807) is 6.92 Å². The number of aliphatic hydroxyl groups is 1. The highest BCUT2D eigenvalue weighted by atomic mass is 16.7. The van der Waals surface area contributed by atoms with Gasteiger partial charge < -0.3 is 14.6 Å². The molecule has 1 atom stereocenters. The van der Waals surface area contributed by atoms with E-state index in [-0.39, 0.29) is 0 Å². The molecule has 3 nitrogen and oxygen atoms in total. The van der Waals surface area contributed by atoms with Crippen molar-refractivity contribution in [2.75, 3.05) is 13.2 Å². The first kappa shape index (κ1) is 11.6. The van der Waals surface area contributed by atoms with Gasteiger partial charge in [0.2, 0.25) is 0 Å². The molecule has 0 radical (unpaired) electrons. The molecular formula is C9H18O3. The van der Waals surface area contributed by atoms with Crippen molar-refractivity contribution in [3.05, 3.63) is 12.2 Å². The van der Waals surface area contributed by atoms with E-state index in [1.807, 2.05) is 13.8 Å². The standard InChI is InChI=1S/C9H18O3/c1-5-11-9(12-6-2)7(3)8(4)10/h8-10H,3,5-6H2,1-2,4H3. The maximum atomic E-state index is 9.19. The highest BCUT2D eigenvalue weighted by Crippen LogP contribution is 2.10. The molecule has 1 unspecified atom stereocenters. The van der Waals surface area contributed by atoms with Crippen LogP contribution in [0.15, 0.2) is 12.2 Å². The zero-order valence-corrected chi connectivity index (χ0v) is 8.04. The van der Waals surface area contributed by atoms with Gasteiger partial charge in [-0.15, -0.1) is 0 Å². The Balaban J connectivity index is 3.99. The third kappa shape index (κ3) is 3.85. The van der Waals surface area contributed by atoms with E-state index in [1.165, 1.54) is 0 Å². The molecule has 0 bridgehead atoms. The van der Waals surface area contributed by atoms with Crippen LogP contribution in [0.3, 0.4) is 0 Å². The Morgan fingerprint density at radius 3 is 2.00 bits per heavy atom. The maximum absolute atomic E-state index is 9.19. The molecule has 0 aliphatic carbocycles. The summed E-state index contributed by atoms with van der Waals surface area (Å²) in [5.74, 6) is 0. The monoisotopic (exact) mass is 174 g/mol. The maximum Gasteiger partial charge on any atom is 0.181 e. The predicted molar refractivity (Wildman–Crippen MR) is 47.9 cm³/mol. The van der Waals surface area contributed by atoms with Crippen molar-refractivity contribution >= 4 is 0 Å². The lowest BCUT2D eigenvalue weighted by Crippen LogP contribution is -2.25. The Morgan fingerprint density at radius 2 is 1.75 bits per heavy atom. The number of aliphatic hydroxyl groups excluding tert-OH is 1. The van der Waals surface area contributed by atoms with Crippen LogP contribution in [0.5, 0.6) is 0 Å². The molecule has 0 saturated heterocycles.